The number of aryl methyl sites for hydroxylation is 1. The molecule has 2 aromatic heterocycles. The smallest absolute Gasteiger partial charge is 0.412 e. The number of piperazine rings is 1. The molecule has 8 rings (SSSR count). The number of fused-ring (bicyclic) bond motifs is 6. The van der Waals surface area contributed by atoms with Crippen LogP contribution in [0.3, 0.4) is 0 Å². The van der Waals surface area contributed by atoms with E-state index in [1.54, 1.807) is 45.0 Å². The number of rotatable bonds is 5. The zero-order valence-corrected chi connectivity index (χ0v) is 34.4. The Labute approximate surface area is 337 Å². The number of hydrogen-bond acceptors (Lipinski definition) is 10. The van der Waals surface area contributed by atoms with Gasteiger partial charge < -0.3 is 24.0 Å². The number of ether oxygens (including phenoxy) is 3. The summed E-state index contributed by atoms with van der Waals surface area (Å²) in [5.41, 5.74) is -0.311. The second-order valence-electron chi connectivity index (χ2n) is 18.1. The fourth-order valence-corrected chi connectivity index (χ4v) is 9.25. The molecule has 4 aromatic rings. The lowest BCUT2D eigenvalue weighted by atomic mass is 9.95. The van der Waals surface area contributed by atoms with Crippen LogP contribution in [0.4, 0.5) is 29.9 Å². The first-order valence-electron chi connectivity index (χ1n) is 20.1. The molecule has 12 nitrogen and oxygen atoms in total. The number of terminal acetylenes is 1. The number of halogens is 2. The molecule has 2 amide bonds. The molecule has 306 valence electrons. The number of anilines is 2. The van der Waals surface area contributed by atoms with Crippen LogP contribution in [0.15, 0.2) is 30.3 Å². The van der Waals surface area contributed by atoms with E-state index in [1.807, 2.05) is 50.6 Å². The lowest BCUT2D eigenvalue weighted by Crippen LogP contribution is -2.65. The van der Waals surface area contributed by atoms with Gasteiger partial charge in [-0.3, -0.25) is 10.2 Å². The predicted molar refractivity (Wildman–Crippen MR) is 218 cm³/mol. The van der Waals surface area contributed by atoms with Gasteiger partial charge in [0.15, 0.2) is 5.82 Å². The number of carbonyl (C=O) groups is 2. The van der Waals surface area contributed by atoms with Crippen molar-refractivity contribution in [3.63, 3.8) is 0 Å². The number of amides is 2. The molecule has 0 spiro atoms. The number of alkyl halides is 1. The van der Waals surface area contributed by atoms with Crippen molar-refractivity contribution in [1.82, 2.24) is 24.8 Å². The molecule has 3 fully saturated rings. The predicted octanol–water partition coefficient (Wildman–Crippen LogP) is 8.02. The molecule has 4 aliphatic heterocycles. The van der Waals surface area contributed by atoms with Gasteiger partial charge in [-0.1, -0.05) is 18.1 Å². The van der Waals surface area contributed by atoms with Crippen molar-refractivity contribution < 1.29 is 32.6 Å². The maximum absolute atomic E-state index is 17.7. The molecule has 0 radical (unpaired) electrons. The number of nitrogens with one attached hydrogen (secondary N) is 1. The van der Waals surface area contributed by atoms with Gasteiger partial charge in [-0.25, -0.2) is 33.3 Å². The van der Waals surface area contributed by atoms with E-state index in [2.05, 4.69) is 16.1 Å². The van der Waals surface area contributed by atoms with Crippen LogP contribution in [0.25, 0.3) is 32.9 Å². The highest BCUT2D eigenvalue weighted by Gasteiger charge is 2.54. The molecule has 3 saturated heterocycles. The van der Waals surface area contributed by atoms with Crippen LogP contribution in [-0.4, -0.2) is 105 Å². The molecule has 0 aliphatic carbocycles. The molecule has 58 heavy (non-hydrogen) atoms. The zero-order chi connectivity index (χ0) is 41.4. The number of benzene rings is 2. The highest BCUT2D eigenvalue weighted by atomic mass is 19.1. The third-order valence-electron chi connectivity index (χ3n) is 11.5. The molecule has 14 heteroatoms. The highest BCUT2D eigenvalue weighted by Crippen LogP contribution is 2.47. The third-order valence-corrected chi connectivity index (χ3v) is 11.5. The Morgan fingerprint density at radius 2 is 1.79 bits per heavy atom. The fourth-order valence-electron chi connectivity index (χ4n) is 9.25. The van der Waals surface area contributed by atoms with Gasteiger partial charge in [0.05, 0.1) is 18.1 Å². The number of nitrogens with zero attached hydrogens (tertiary/aromatic N) is 6. The van der Waals surface area contributed by atoms with E-state index in [1.165, 1.54) is 0 Å². The summed E-state index contributed by atoms with van der Waals surface area (Å²) in [7, 11) is 1.91. The normalized spacial score (nSPS) is 24.3. The summed E-state index contributed by atoms with van der Waals surface area (Å²) in [5.74, 6) is 3.06. The summed E-state index contributed by atoms with van der Waals surface area (Å²) in [6.07, 6.45) is 6.37. The molecule has 0 saturated carbocycles. The Morgan fingerprint density at radius 1 is 1.03 bits per heavy atom. The van der Waals surface area contributed by atoms with Crippen LogP contribution in [0.2, 0.25) is 0 Å². The number of pyridine rings is 1. The minimum Gasteiger partial charge on any atom is -0.472 e. The van der Waals surface area contributed by atoms with E-state index >= 15 is 4.39 Å². The summed E-state index contributed by atoms with van der Waals surface area (Å²) < 4.78 is 50.3. The molecular weight excluding hydrogens is 745 g/mol. The van der Waals surface area contributed by atoms with Crippen LogP contribution in [0.1, 0.15) is 85.5 Å². The minimum atomic E-state index is -0.912. The van der Waals surface area contributed by atoms with E-state index in [0.29, 0.717) is 77.0 Å². The Hall–Kier alpha value is -5.29. The van der Waals surface area contributed by atoms with Gasteiger partial charge >= 0.3 is 12.2 Å². The summed E-state index contributed by atoms with van der Waals surface area (Å²) in [5, 5.41) is 4.33. The molecule has 4 aliphatic rings. The van der Waals surface area contributed by atoms with Gasteiger partial charge in [0, 0.05) is 47.8 Å². The van der Waals surface area contributed by atoms with Crippen molar-refractivity contribution in [2.75, 3.05) is 30.4 Å². The van der Waals surface area contributed by atoms with Crippen molar-refractivity contribution in [2.24, 2.45) is 0 Å². The average Bonchev–Trinajstić information content (AvgIpc) is 3.59. The molecule has 2 bridgehead atoms. The van der Waals surface area contributed by atoms with Gasteiger partial charge in [0.1, 0.15) is 51.7 Å². The molecule has 1 N–H and O–H groups in total. The van der Waals surface area contributed by atoms with Crippen LogP contribution in [0, 0.1) is 18.2 Å². The Bertz CT molecular complexity index is 2350. The molecule has 2 aromatic carbocycles. The number of likely N-dealkylation sites (tertiary alicyclic amines) is 1. The van der Waals surface area contributed by atoms with Crippen LogP contribution in [0.5, 0.6) is 5.88 Å². The van der Waals surface area contributed by atoms with Crippen molar-refractivity contribution >= 4 is 45.4 Å². The SMILES string of the molecule is C#Cc1cccc2cc(NC(=O)OC(C)(C)C)cc(-c3nc4c5c(nc(CC[C@@H]6C[C@@H](F)CN6C)nc5c3F)N3C[C@H]5CC[C@@H]([C@H]3[C@H](C)O4)N5C(=O)OC(C)(C)C)c12. The monoisotopic (exact) mass is 795 g/mol. The van der Waals surface area contributed by atoms with E-state index in [0.717, 1.165) is 12.8 Å². The first-order chi connectivity index (χ1) is 27.4. The number of aromatic nitrogens is 3. The molecule has 6 heterocycles. The quantitative estimate of drug-likeness (QED) is 0.199. The van der Waals surface area contributed by atoms with Gasteiger partial charge in [-0.2, -0.15) is 0 Å². The standard InChI is InChI=1S/C44H51F2N7O5/c1-10-24-12-11-13-25-18-27(47-41(54)57-43(3,4)5)20-30(33(24)25)36-35(46)37-34-39(49-32(48-37)17-15-28-19-26(45)21-51(28)9)52-22-29-14-16-31(38(52)23(2)56-40(34)50-36)53(29)42(55)58-44(6,7)8/h1,11-13,18,20,23,26,28-29,31,38H,14-17,19,21-22H2,2-9H3,(H,47,54)/t23-,26+,28+,29+,31-,38+/m0/s1. The van der Waals surface area contributed by atoms with Crippen molar-refractivity contribution in [3.05, 3.63) is 47.5 Å². The first-order valence-corrected chi connectivity index (χ1v) is 20.1. The lowest BCUT2D eigenvalue weighted by Gasteiger charge is -2.48. The maximum atomic E-state index is 17.7. The first kappa shape index (κ1) is 39.5. The summed E-state index contributed by atoms with van der Waals surface area (Å²) in [6, 6.07) is 7.94. The van der Waals surface area contributed by atoms with Crippen molar-refractivity contribution in [1.29, 1.82) is 0 Å². The Morgan fingerprint density at radius 3 is 2.48 bits per heavy atom. The summed E-state index contributed by atoms with van der Waals surface area (Å²) >= 11 is 0. The number of hydrogen-bond donors (Lipinski definition) is 1. The third kappa shape index (κ3) is 7.33. The minimum absolute atomic E-state index is 0.0140. The van der Waals surface area contributed by atoms with E-state index in [-0.39, 0.29) is 47.4 Å². The zero-order valence-electron chi connectivity index (χ0n) is 34.4. The fraction of sp³-hybridized carbons (Fsp3) is 0.523. The van der Waals surface area contributed by atoms with Crippen LogP contribution in [-0.2, 0) is 15.9 Å². The van der Waals surface area contributed by atoms with Gasteiger partial charge in [0.25, 0.3) is 0 Å². The highest BCUT2D eigenvalue weighted by molar-refractivity contribution is 6.06. The maximum Gasteiger partial charge on any atom is 0.412 e. The Balaban J connectivity index is 1.30. The van der Waals surface area contributed by atoms with Gasteiger partial charge in [0.2, 0.25) is 5.88 Å². The van der Waals surface area contributed by atoms with E-state index in [4.69, 9.17) is 35.6 Å². The lowest BCUT2D eigenvalue weighted by molar-refractivity contribution is 0.000931. The molecular formula is C44H51F2N7O5. The number of carbonyl (C=O) groups excluding carboxylic acids is 2. The second kappa shape index (κ2) is 14.5. The van der Waals surface area contributed by atoms with Crippen molar-refractivity contribution in [3.8, 4) is 29.5 Å². The van der Waals surface area contributed by atoms with E-state index in [9.17, 15) is 14.0 Å². The average molecular weight is 796 g/mol. The van der Waals surface area contributed by atoms with Gasteiger partial charge in [-0.05, 0) is 105 Å². The Kier molecular flexibility index (Phi) is 9.89. The van der Waals surface area contributed by atoms with Crippen LogP contribution < -0.4 is 15.0 Å². The topological polar surface area (TPSA) is 122 Å². The van der Waals surface area contributed by atoms with Crippen LogP contribution >= 0.6 is 0 Å². The van der Waals surface area contributed by atoms with Gasteiger partial charge in [-0.15, -0.1) is 6.42 Å². The van der Waals surface area contributed by atoms with Crippen molar-refractivity contribution in [2.45, 2.75) is 128 Å². The molecule has 6 atom stereocenters. The summed E-state index contributed by atoms with van der Waals surface area (Å²) in [4.78, 5) is 47.6. The summed E-state index contributed by atoms with van der Waals surface area (Å²) in [6.45, 7) is 13.6. The second-order valence-corrected chi connectivity index (χ2v) is 18.1. The largest absolute Gasteiger partial charge is 0.472 e. The molecule has 0 unspecified atom stereocenters. The van der Waals surface area contributed by atoms with E-state index < -0.39 is 35.4 Å².